The highest BCUT2D eigenvalue weighted by atomic mass is 16.5. The van der Waals surface area contributed by atoms with Gasteiger partial charge in [0.2, 0.25) is 0 Å². The van der Waals surface area contributed by atoms with E-state index in [0.717, 1.165) is 42.0 Å². The topological polar surface area (TPSA) is 21.7 Å². The van der Waals surface area contributed by atoms with Crippen LogP contribution in [0.15, 0.2) is 115 Å². The van der Waals surface area contributed by atoms with Crippen LogP contribution in [0.4, 0.5) is 0 Å². The van der Waals surface area contributed by atoms with Gasteiger partial charge in [-0.25, -0.2) is 0 Å². The van der Waals surface area contributed by atoms with Crippen LogP contribution in [-0.2, 0) is 16.8 Å². The van der Waals surface area contributed by atoms with E-state index in [1.165, 1.54) is 5.56 Å². The average molecular weight is 466 g/mol. The second kappa shape index (κ2) is 11.8. The maximum absolute atomic E-state index is 7.09. The Morgan fingerprint density at radius 1 is 0.686 bits per heavy atom. The van der Waals surface area contributed by atoms with Gasteiger partial charge >= 0.3 is 0 Å². The number of nitrogens with zero attached hydrogens (tertiary/aromatic N) is 1. The fourth-order valence-corrected chi connectivity index (χ4v) is 4.70. The molecule has 3 heteroatoms. The minimum absolute atomic E-state index is 0.00325. The van der Waals surface area contributed by atoms with Crippen molar-refractivity contribution in [3.05, 3.63) is 138 Å². The van der Waals surface area contributed by atoms with Gasteiger partial charge in [-0.2, -0.15) is 0 Å². The van der Waals surface area contributed by atoms with Crippen LogP contribution in [0.3, 0.4) is 0 Å². The zero-order valence-corrected chi connectivity index (χ0v) is 20.9. The smallest absolute Gasteiger partial charge is 0.144 e. The molecule has 35 heavy (non-hydrogen) atoms. The van der Waals surface area contributed by atoms with Gasteiger partial charge in [0, 0.05) is 13.1 Å². The first kappa shape index (κ1) is 24.7. The predicted octanol–water partition coefficient (Wildman–Crippen LogP) is 6.57. The van der Waals surface area contributed by atoms with Crippen molar-refractivity contribution in [2.75, 3.05) is 27.2 Å². The highest BCUT2D eigenvalue weighted by molar-refractivity contribution is 5.47. The van der Waals surface area contributed by atoms with Gasteiger partial charge in [-0.1, -0.05) is 103 Å². The van der Waals surface area contributed by atoms with E-state index >= 15 is 0 Å². The number of rotatable bonds is 11. The van der Waals surface area contributed by atoms with Crippen molar-refractivity contribution in [2.24, 2.45) is 0 Å². The molecule has 4 rings (SSSR count). The van der Waals surface area contributed by atoms with Gasteiger partial charge in [-0.3, -0.25) is 0 Å². The zero-order valence-electron chi connectivity index (χ0n) is 20.9. The van der Waals surface area contributed by atoms with E-state index in [9.17, 15) is 0 Å². The van der Waals surface area contributed by atoms with E-state index in [1.807, 2.05) is 12.1 Å². The van der Waals surface area contributed by atoms with E-state index in [-0.39, 0.29) is 6.10 Å². The van der Waals surface area contributed by atoms with Crippen molar-refractivity contribution >= 4 is 0 Å². The lowest BCUT2D eigenvalue weighted by molar-refractivity contribution is -0.0491. The largest absolute Gasteiger partial charge is 0.497 e. The van der Waals surface area contributed by atoms with Crippen molar-refractivity contribution in [2.45, 2.75) is 25.0 Å². The summed E-state index contributed by atoms with van der Waals surface area (Å²) in [7, 11) is 3.86. The first-order valence-electron chi connectivity index (χ1n) is 12.3. The first-order chi connectivity index (χ1) is 17.1. The summed E-state index contributed by atoms with van der Waals surface area (Å²) in [5.74, 6) is 0.892. The Labute approximate surface area is 210 Å². The van der Waals surface area contributed by atoms with Crippen LogP contribution in [0.1, 0.15) is 29.2 Å². The Hall–Kier alpha value is -3.40. The molecule has 0 fully saturated rings. The quantitative estimate of drug-likeness (QED) is 0.234. The van der Waals surface area contributed by atoms with Crippen molar-refractivity contribution in [1.82, 2.24) is 4.90 Å². The SMILES string of the molecule is COc1ccc(CCN(C)C[C@H](C)OC(c2ccccc2)(c2ccccc2)c2ccccc2)cc1. The van der Waals surface area contributed by atoms with E-state index in [1.54, 1.807) is 7.11 Å². The Morgan fingerprint density at radius 3 is 1.57 bits per heavy atom. The molecule has 4 aromatic carbocycles. The fraction of sp³-hybridized carbons (Fsp3) is 0.250. The summed E-state index contributed by atoms with van der Waals surface area (Å²) < 4.78 is 12.4. The summed E-state index contributed by atoms with van der Waals surface area (Å²) >= 11 is 0. The van der Waals surface area contributed by atoms with Crippen LogP contribution in [-0.4, -0.2) is 38.3 Å². The standard InChI is InChI=1S/C32H35NO2/c1-26(25-33(2)24-23-27-19-21-31(34-3)22-20-27)35-32(28-13-7-4-8-14-28,29-15-9-5-10-16-29)30-17-11-6-12-18-30/h4-22,26H,23-25H2,1-3H3/t26-/m0/s1. The Kier molecular flexibility index (Phi) is 8.36. The van der Waals surface area contributed by atoms with Crippen molar-refractivity contribution in [3.8, 4) is 5.75 Å². The van der Waals surface area contributed by atoms with Crippen LogP contribution in [0.2, 0.25) is 0 Å². The third-order valence-electron chi connectivity index (χ3n) is 6.43. The molecule has 180 valence electrons. The van der Waals surface area contributed by atoms with E-state index < -0.39 is 5.60 Å². The molecule has 3 nitrogen and oxygen atoms in total. The summed E-state index contributed by atoms with van der Waals surface area (Å²) in [5, 5.41) is 0. The minimum atomic E-state index is -0.694. The molecule has 0 radical (unpaired) electrons. The molecule has 0 aromatic heterocycles. The predicted molar refractivity (Wildman–Crippen MR) is 144 cm³/mol. The van der Waals surface area contributed by atoms with Crippen LogP contribution in [0.25, 0.3) is 0 Å². The summed E-state index contributed by atoms with van der Waals surface area (Å²) in [6.07, 6.45) is 0.977. The third kappa shape index (κ3) is 6.00. The van der Waals surface area contributed by atoms with Gasteiger partial charge < -0.3 is 14.4 Å². The molecule has 0 heterocycles. The van der Waals surface area contributed by atoms with E-state index in [0.29, 0.717) is 0 Å². The van der Waals surface area contributed by atoms with Crippen molar-refractivity contribution in [1.29, 1.82) is 0 Å². The average Bonchev–Trinajstić information content (AvgIpc) is 2.92. The number of benzene rings is 4. The van der Waals surface area contributed by atoms with Gasteiger partial charge in [0.1, 0.15) is 11.4 Å². The van der Waals surface area contributed by atoms with Gasteiger partial charge in [-0.15, -0.1) is 0 Å². The van der Waals surface area contributed by atoms with Gasteiger partial charge in [-0.05, 0) is 54.8 Å². The first-order valence-corrected chi connectivity index (χ1v) is 12.3. The lowest BCUT2D eigenvalue weighted by Gasteiger charge is -2.39. The lowest BCUT2D eigenvalue weighted by atomic mass is 9.80. The number of ether oxygens (including phenoxy) is 2. The molecular weight excluding hydrogens is 430 g/mol. The molecule has 4 aromatic rings. The molecular formula is C32H35NO2. The molecule has 0 saturated heterocycles. The fourth-order valence-electron chi connectivity index (χ4n) is 4.70. The van der Waals surface area contributed by atoms with Gasteiger partial charge in [0.25, 0.3) is 0 Å². The molecule has 0 aliphatic rings. The summed E-state index contributed by atoms with van der Waals surface area (Å²) in [6.45, 7) is 3.95. The number of likely N-dealkylation sites (N-methyl/N-ethyl adjacent to an activating group) is 1. The molecule has 0 aliphatic heterocycles. The normalized spacial score (nSPS) is 12.5. The van der Waals surface area contributed by atoms with E-state index in [4.69, 9.17) is 9.47 Å². The maximum atomic E-state index is 7.09. The number of hydrogen-bond acceptors (Lipinski definition) is 3. The van der Waals surface area contributed by atoms with Crippen molar-refractivity contribution in [3.63, 3.8) is 0 Å². The molecule has 1 atom stereocenters. The summed E-state index contributed by atoms with van der Waals surface area (Å²) in [6, 6.07) is 40.0. The van der Waals surface area contributed by atoms with Crippen LogP contribution < -0.4 is 4.74 Å². The Morgan fingerprint density at radius 2 is 1.14 bits per heavy atom. The Balaban J connectivity index is 1.57. The van der Waals surface area contributed by atoms with Crippen LogP contribution in [0, 0.1) is 0 Å². The Bertz CT molecular complexity index is 1050. The molecule has 0 spiro atoms. The molecule has 0 amide bonds. The molecule has 0 aliphatic carbocycles. The van der Waals surface area contributed by atoms with Crippen LogP contribution >= 0.6 is 0 Å². The third-order valence-corrected chi connectivity index (χ3v) is 6.43. The molecule has 0 N–H and O–H groups in total. The molecule has 0 unspecified atom stereocenters. The highest BCUT2D eigenvalue weighted by Gasteiger charge is 2.39. The number of methoxy groups -OCH3 is 1. The zero-order chi connectivity index (χ0) is 24.5. The highest BCUT2D eigenvalue weighted by Crippen LogP contribution is 2.41. The second-order valence-electron chi connectivity index (χ2n) is 9.07. The molecule has 0 saturated carbocycles. The van der Waals surface area contributed by atoms with Crippen molar-refractivity contribution < 1.29 is 9.47 Å². The number of hydrogen-bond donors (Lipinski definition) is 0. The maximum Gasteiger partial charge on any atom is 0.144 e. The van der Waals surface area contributed by atoms with Gasteiger partial charge in [0.15, 0.2) is 0 Å². The summed E-state index contributed by atoms with van der Waals surface area (Å²) in [4.78, 5) is 2.35. The van der Waals surface area contributed by atoms with E-state index in [2.05, 4.69) is 122 Å². The minimum Gasteiger partial charge on any atom is -0.497 e. The monoisotopic (exact) mass is 465 g/mol. The van der Waals surface area contributed by atoms with Crippen LogP contribution in [0.5, 0.6) is 5.75 Å². The second-order valence-corrected chi connectivity index (χ2v) is 9.07. The molecule has 0 bridgehead atoms. The summed E-state index contributed by atoms with van der Waals surface area (Å²) in [5.41, 5.74) is 4.00. The lowest BCUT2D eigenvalue weighted by Crippen LogP contribution is -2.40. The van der Waals surface area contributed by atoms with Gasteiger partial charge in [0.05, 0.1) is 13.2 Å².